The highest BCUT2D eigenvalue weighted by molar-refractivity contribution is 6.30. The summed E-state index contributed by atoms with van der Waals surface area (Å²) in [5.41, 5.74) is 0. The molecule has 5 nitrogen and oxygen atoms in total. The lowest BCUT2D eigenvalue weighted by molar-refractivity contribution is 0.470. The van der Waals surface area contributed by atoms with Gasteiger partial charge >= 0.3 is 0 Å². The average Bonchev–Trinajstić information content (AvgIpc) is 3.08. The van der Waals surface area contributed by atoms with E-state index in [0.29, 0.717) is 28.3 Å². The van der Waals surface area contributed by atoms with Crippen LogP contribution in [0.1, 0.15) is 0 Å². The zero-order valence-corrected chi connectivity index (χ0v) is 13.3. The van der Waals surface area contributed by atoms with Crippen molar-refractivity contribution in [2.45, 2.75) is 0 Å². The molecule has 4 aromatic rings. The van der Waals surface area contributed by atoms with Crippen LogP contribution in [-0.4, -0.2) is 15.2 Å². The number of hydrogen-bond donors (Lipinski definition) is 2. The summed E-state index contributed by atoms with van der Waals surface area (Å²) in [6, 6.07) is 18.9. The van der Waals surface area contributed by atoms with Crippen LogP contribution in [0.4, 0.5) is 11.6 Å². The molecule has 0 fully saturated rings. The second kappa shape index (κ2) is 6.22. The number of pyridine rings is 1. The molecule has 0 aliphatic carbocycles. The maximum absolute atomic E-state index is 6.03. The highest BCUT2D eigenvalue weighted by atomic mass is 35.5. The van der Waals surface area contributed by atoms with E-state index in [1.165, 1.54) is 0 Å². The number of hydrogen-bond acceptors (Lipinski definition) is 4. The fraction of sp³-hybridized carbons (Fsp3) is 0. The number of halogens is 1. The van der Waals surface area contributed by atoms with E-state index in [1.54, 1.807) is 18.3 Å². The normalized spacial score (nSPS) is 10.7. The summed E-state index contributed by atoms with van der Waals surface area (Å²) in [6.45, 7) is 0. The molecule has 0 aliphatic heterocycles. The monoisotopic (exact) mass is 336 g/mol. The van der Waals surface area contributed by atoms with Gasteiger partial charge in [0.2, 0.25) is 5.88 Å². The van der Waals surface area contributed by atoms with Crippen molar-refractivity contribution in [1.29, 1.82) is 0 Å². The van der Waals surface area contributed by atoms with Crippen molar-refractivity contribution in [1.82, 2.24) is 15.2 Å². The molecule has 0 amide bonds. The number of fused-ring (bicyclic) bond motifs is 1. The van der Waals surface area contributed by atoms with Crippen molar-refractivity contribution >= 4 is 34.0 Å². The molecule has 24 heavy (non-hydrogen) atoms. The standard InChI is InChI=1S/C18H13ClN4O/c19-13-5-3-6-14(11-13)24-18-15-7-2-1-4-12(15)10-17(22-18)21-16-8-9-20-23-16/h1-11H,(H2,20,21,22,23). The number of aromatic amines is 1. The van der Waals surface area contributed by atoms with Gasteiger partial charge in [0.05, 0.1) is 0 Å². The average molecular weight is 337 g/mol. The zero-order valence-electron chi connectivity index (χ0n) is 12.5. The van der Waals surface area contributed by atoms with Crippen LogP contribution >= 0.6 is 11.6 Å². The van der Waals surface area contributed by atoms with Gasteiger partial charge in [-0.15, -0.1) is 0 Å². The van der Waals surface area contributed by atoms with E-state index in [0.717, 1.165) is 10.8 Å². The molecular weight excluding hydrogens is 324 g/mol. The number of benzene rings is 2. The van der Waals surface area contributed by atoms with E-state index in [2.05, 4.69) is 20.5 Å². The second-order valence-electron chi connectivity index (χ2n) is 5.18. The zero-order chi connectivity index (χ0) is 16.4. The summed E-state index contributed by atoms with van der Waals surface area (Å²) < 4.78 is 5.97. The Bertz CT molecular complexity index is 985. The summed E-state index contributed by atoms with van der Waals surface area (Å²) in [5, 5.41) is 12.5. The first kappa shape index (κ1) is 14.5. The molecule has 0 aliphatic rings. The first-order chi connectivity index (χ1) is 11.8. The Morgan fingerprint density at radius 3 is 2.71 bits per heavy atom. The largest absolute Gasteiger partial charge is 0.438 e. The molecular formula is C18H13ClN4O. The van der Waals surface area contributed by atoms with E-state index in [-0.39, 0.29) is 0 Å². The van der Waals surface area contributed by atoms with Crippen LogP contribution in [0.2, 0.25) is 5.02 Å². The molecule has 4 rings (SSSR count). The van der Waals surface area contributed by atoms with E-state index < -0.39 is 0 Å². The second-order valence-corrected chi connectivity index (χ2v) is 5.61. The van der Waals surface area contributed by atoms with Crippen LogP contribution in [0.15, 0.2) is 66.9 Å². The maximum Gasteiger partial charge on any atom is 0.229 e. The van der Waals surface area contributed by atoms with Crippen molar-refractivity contribution in [3.8, 4) is 11.6 Å². The van der Waals surface area contributed by atoms with Crippen LogP contribution < -0.4 is 10.1 Å². The predicted octanol–water partition coefficient (Wildman–Crippen LogP) is 5.15. The van der Waals surface area contributed by atoms with Gasteiger partial charge in [0.15, 0.2) is 5.82 Å². The minimum Gasteiger partial charge on any atom is -0.438 e. The van der Waals surface area contributed by atoms with Crippen LogP contribution in [0, 0.1) is 0 Å². The summed E-state index contributed by atoms with van der Waals surface area (Å²) >= 11 is 6.03. The van der Waals surface area contributed by atoms with Crippen molar-refractivity contribution < 1.29 is 4.74 Å². The number of anilines is 2. The van der Waals surface area contributed by atoms with E-state index in [9.17, 15) is 0 Å². The molecule has 6 heteroatoms. The van der Waals surface area contributed by atoms with E-state index in [1.807, 2.05) is 48.5 Å². The Hall–Kier alpha value is -3.05. The van der Waals surface area contributed by atoms with E-state index >= 15 is 0 Å². The smallest absolute Gasteiger partial charge is 0.229 e. The van der Waals surface area contributed by atoms with Gasteiger partial charge in [0, 0.05) is 22.7 Å². The van der Waals surface area contributed by atoms with Crippen LogP contribution in [0.25, 0.3) is 10.8 Å². The molecule has 0 radical (unpaired) electrons. The first-order valence-corrected chi connectivity index (χ1v) is 7.76. The van der Waals surface area contributed by atoms with Crippen LogP contribution in [-0.2, 0) is 0 Å². The Morgan fingerprint density at radius 1 is 0.958 bits per heavy atom. The maximum atomic E-state index is 6.03. The van der Waals surface area contributed by atoms with Crippen LogP contribution in [0.3, 0.4) is 0 Å². The highest BCUT2D eigenvalue weighted by Crippen LogP contribution is 2.31. The molecule has 2 heterocycles. The molecule has 2 aromatic heterocycles. The van der Waals surface area contributed by atoms with Gasteiger partial charge < -0.3 is 10.1 Å². The summed E-state index contributed by atoms with van der Waals surface area (Å²) in [6.07, 6.45) is 1.74. The quantitative estimate of drug-likeness (QED) is 0.541. The summed E-state index contributed by atoms with van der Waals surface area (Å²) in [5.74, 6) is 2.48. The molecule has 2 N–H and O–H groups in total. The number of rotatable bonds is 4. The number of nitrogens with zero attached hydrogens (tertiary/aromatic N) is 2. The highest BCUT2D eigenvalue weighted by Gasteiger charge is 2.09. The first-order valence-electron chi connectivity index (χ1n) is 7.38. The van der Waals surface area contributed by atoms with Gasteiger partial charge in [-0.05, 0) is 35.7 Å². The fourth-order valence-electron chi connectivity index (χ4n) is 2.41. The molecule has 118 valence electrons. The topological polar surface area (TPSA) is 62.8 Å². The van der Waals surface area contributed by atoms with Crippen LogP contribution in [0.5, 0.6) is 11.6 Å². The number of H-pyrrole nitrogens is 1. The Morgan fingerprint density at radius 2 is 1.88 bits per heavy atom. The predicted molar refractivity (Wildman–Crippen MR) is 95.1 cm³/mol. The molecule has 0 atom stereocenters. The number of nitrogens with one attached hydrogen (secondary N) is 2. The lowest BCUT2D eigenvalue weighted by atomic mass is 10.1. The summed E-state index contributed by atoms with van der Waals surface area (Å²) in [4.78, 5) is 4.57. The van der Waals surface area contributed by atoms with E-state index in [4.69, 9.17) is 16.3 Å². The van der Waals surface area contributed by atoms with Gasteiger partial charge in [-0.3, -0.25) is 5.10 Å². The molecule has 0 saturated heterocycles. The fourth-order valence-corrected chi connectivity index (χ4v) is 2.59. The third-order valence-corrected chi connectivity index (χ3v) is 3.71. The minimum absolute atomic E-state index is 0.508. The minimum atomic E-state index is 0.508. The number of ether oxygens (including phenoxy) is 1. The third-order valence-electron chi connectivity index (χ3n) is 3.47. The molecule has 0 saturated carbocycles. The van der Waals surface area contributed by atoms with Gasteiger partial charge in [0.25, 0.3) is 0 Å². The lowest BCUT2D eigenvalue weighted by Gasteiger charge is -2.11. The molecule has 0 bridgehead atoms. The SMILES string of the molecule is Clc1cccc(Oc2nc(Nc3cc[nH]n3)cc3ccccc23)c1. The summed E-state index contributed by atoms with van der Waals surface area (Å²) in [7, 11) is 0. The molecule has 0 unspecified atom stereocenters. The van der Waals surface area contributed by atoms with Crippen molar-refractivity contribution in [2.24, 2.45) is 0 Å². The molecule has 0 spiro atoms. The van der Waals surface area contributed by atoms with Gasteiger partial charge in [-0.1, -0.05) is 35.9 Å². The Kier molecular flexibility index (Phi) is 3.76. The molecule has 2 aromatic carbocycles. The van der Waals surface area contributed by atoms with Crippen molar-refractivity contribution in [2.75, 3.05) is 5.32 Å². The Labute approximate surface area is 143 Å². The number of aromatic nitrogens is 3. The van der Waals surface area contributed by atoms with Gasteiger partial charge in [0.1, 0.15) is 11.6 Å². The lowest BCUT2D eigenvalue weighted by Crippen LogP contribution is -1.97. The Balaban J connectivity index is 1.77. The van der Waals surface area contributed by atoms with Gasteiger partial charge in [-0.25, -0.2) is 0 Å². The van der Waals surface area contributed by atoms with Crippen molar-refractivity contribution in [3.05, 3.63) is 71.9 Å². The third kappa shape index (κ3) is 3.02. The van der Waals surface area contributed by atoms with Gasteiger partial charge in [-0.2, -0.15) is 10.1 Å². The van der Waals surface area contributed by atoms with Crippen molar-refractivity contribution in [3.63, 3.8) is 0 Å².